The molecule has 0 heterocycles. The number of hydrogen-bond donors (Lipinski definition) is 2. The largest absolute Gasteiger partial charge is 0.371 e. The monoisotopic (exact) mass is 112 g/mol. The Hall–Kier alpha value is 0.0800. The van der Waals surface area contributed by atoms with E-state index >= 15 is 0 Å². The Morgan fingerprint density at radius 2 is 1.83 bits per heavy atom. The van der Waals surface area contributed by atoms with Gasteiger partial charge in [0.15, 0.2) is 0 Å². The van der Waals surface area contributed by atoms with Gasteiger partial charge in [-0.3, -0.25) is 4.57 Å². The van der Waals surface area contributed by atoms with Crippen LogP contribution in [0, 0.1) is 6.42 Å². The maximum absolute atomic E-state index is 10.5. The summed E-state index contributed by atoms with van der Waals surface area (Å²) in [7, 11) is -4.56. The van der Waals surface area contributed by atoms with E-state index in [0.29, 0.717) is 0 Å². The summed E-state index contributed by atoms with van der Waals surface area (Å²) in [6.45, 7) is 0. The quantitative estimate of drug-likeness (QED) is 0.474. The third kappa shape index (κ3) is 4.08. The zero-order valence-corrected chi connectivity index (χ0v) is 3.52. The SMILES string of the molecule is O=P(O)(O)[C]F. The molecule has 0 amide bonds. The molecule has 0 aromatic heterocycles. The van der Waals surface area contributed by atoms with Crippen molar-refractivity contribution in [3.05, 3.63) is 6.42 Å². The van der Waals surface area contributed by atoms with Crippen LogP contribution >= 0.6 is 7.60 Å². The van der Waals surface area contributed by atoms with Crippen LogP contribution in [0.2, 0.25) is 0 Å². The summed E-state index contributed by atoms with van der Waals surface area (Å²) in [4.78, 5) is 14.9. The van der Waals surface area contributed by atoms with Crippen molar-refractivity contribution in [3.8, 4) is 0 Å². The lowest BCUT2D eigenvalue weighted by Crippen LogP contribution is -1.68. The molecule has 0 saturated carbocycles. The molecule has 6 heavy (non-hydrogen) atoms. The molecule has 2 radical (unpaired) electrons. The molecule has 3 nitrogen and oxygen atoms in total. The average Bonchev–Trinajstić information content (AvgIpc) is 1.35. The maximum atomic E-state index is 10.5. The predicted octanol–water partition coefficient (Wildman–Crippen LogP) is 0.130. The Morgan fingerprint density at radius 1 is 1.67 bits per heavy atom. The van der Waals surface area contributed by atoms with Crippen LogP contribution in [-0.2, 0) is 4.57 Å². The number of rotatable bonds is 1. The van der Waals surface area contributed by atoms with Crippen molar-refractivity contribution in [1.29, 1.82) is 0 Å². The molecule has 0 atom stereocenters. The summed E-state index contributed by atoms with van der Waals surface area (Å²) in [5.41, 5.74) is 0. The van der Waals surface area contributed by atoms with E-state index < -0.39 is 7.60 Å². The molecular weight excluding hydrogens is 110 g/mol. The zero-order chi connectivity index (χ0) is 5.21. The van der Waals surface area contributed by atoms with E-state index in [1.165, 1.54) is 0 Å². The van der Waals surface area contributed by atoms with Crippen LogP contribution < -0.4 is 0 Å². The van der Waals surface area contributed by atoms with Crippen molar-refractivity contribution in [1.82, 2.24) is 0 Å². The minimum atomic E-state index is -4.56. The van der Waals surface area contributed by atoms with Gasteiger partial charge in [0.2, 0.25) is 0 Å². The highest BCUT2D eigenvalue weighted by molar-refractivity contribution is 7.53. The first kappa shape index (κ1) is 6.08. The first-order valence-electron chi connectivity index (χ1n) is 0.995. The highest BCUT2D eigenvalue weighted by atomic mass is 31.2. The molecule has 0 aromatic carbocycles. The summed E-state index contributed by atoms with van der Waals surface area (Å²) in [5.74, 6) is 0. The summed E-state index contributed by atoms with van der Waals surface area (Å²) in [6.07, 6.45) is 0.271. The first-order valence-corrected chi connectivity index (χ1v) is 2.61. The average molecular weight is 112 g/mol. The number of hydrogen-bond acceptors (Lipinski definition) is 1. The third-order valence-electron chi connectivity index (χ3n) is 0.110. The first-order chi connectivity index (χ1) is 2.56. The van der Waals surface area contributed by atoms with Crippen molar-refractivity contribution in [2.24, 2.45) is 0 Å². The lowest BCUT2D eigenvalue weighted by molar-refractivity contribution is 0.366. The molecule has 0 aliphatic rings. The van der Waals surface area contributed by atoms with E-state index in [4.69, 9.17) is 9.79 Å². The van der Waals surface area contributed by atoms with E-state index in [1.54, 1.807) is 0 Å². The lowest BCUT2D eigenvalue weighted by Gasteiger charge is -1.87. The van der Waals surface area contributed by atoms with E-state index in [1.807, 2.05) is 0 Å². The van der Waals surface area contributed by atoms with Gasteiger partial charge in [-0.2, -0.15) is 0 Å². The molecule has 0 aliphatic carbocycles. The molecule has 0 unspecified atom stereocenters. The second-order valence-electron chi connectivity index (χ2n) is 0.629. The van der Waals surface area contributed by atoms with Crippen molar-refractivity contribution >= 4 is 7.60 Å². The van der Waals surface area contributed by atoms with Crippen LogP contribution in [0.4, 0.5) is 4.39 Å². The number of halogens is 1. The van der Waals surface area contributed by atoms with Gasteiger partial charge in [-0.25, -0.2) is 4.39 Å². The molecule has 0 saturated heterocycles. The van der Waals surface area contributed by atoms with Crippen LogP contribution in [0.15, 0.2) is 0 Å². The summed E-state index contributed by atoms with van der Waals surface area (Å²) < 4.78 is 19.7. The van der Waals surface area contributed by atoms with Crippen molar-refractivity contribution < 1.29 is 18.7 Å². The highest BCUT2D eigenvalue weighted by Gasteiger charge is 2.12. The molecule has 0 aromatic rings. The van der Waals surface area contributed by atoms with Crippen LogP contribution in [0.25, 0.3) is 0 Å². The molecule has 0 spiro atoms. The second-order valence-corrected chi connectivity index (χ2v) is 1.89. The second kappa shape index (κ2) is 1.69. The molecule has 0 bridgehead atoms. The van der Waals surface area contributed by atoms with Gasteiger partial charge < -0.3 is 9.79 Å². The molecule has 0 fully saturated rings. The topological polar surface area (TPSA) is 57.5 Å². The molecule has 5 heteroatoms. The van der Waals surface area contributed by atoms with Gasteiger partial charge in [-0.05, 0) is 0 Å². The Kier molecular flexibility index (Phi) is 1.71. The van der Waals surface area contributed by atoms with E-state index in [2.05, 4.69) is 0 Å². The Bertz CT molecular complexity index is 74.9. The van der Waals surface area contributed by atoms with Gasteiger partial charge in [0.05, 0.1) is 0 Å². The van der Waals surface area contributed by atoms with Crippen LogP contribution in [0.1, 0.15) is 0 Å². The molecule has 36 valence electrons. The zero-order valence-electron chi connectivity index (χ0n) is 2.63. The Labute approximate surface area is 34.0 Å². The van der Waals surface area contributed by atoms with Crippen molar-refractivity contribution in [3.63, 3.8) is 0 Å². The van der Waals surface area contributed by atoms with Gasteiger partial charge in [0.25, 0.3) is 0 Å². The fraction of sp³-hybridized carbons (Fsp3) is 0. The lowest BCUT2D eigenvalue weighted by atomic mass is 11.8. The molecule has 2 N–H and O–H groups in total. The summed E-state index contributed by atoms with van der Waals surface area (Å²) >= 11 is 0. The van der Waals surface area contributed by atoms with E-state index in [0.717, 1.165) is 0 Å². The maximum Gasteiger partial charge on any atom is 0.371 e. The fourth-order valence-corrected chi connectivity index (χ4v) is 0. The molecular formula is CH2FO3P. The summed E-state index contributed by atoms with van der Waals surface area (Å²) in [5, 5.41) is 0. The van der Waals surface area contributed by atoms with Crippen LogP contribution in [0.3, 0.4) is 0 Å². The highest BCUT2D eigenvalue weighted by Crippen LogP contribution is 2.38. The van der Waals surface area contributed by atoms with E-state index in [-0.39, 0.29) is 6.42 Å². The van der Waals surface area contributed by atoms with Gasteiger partial charge in [0, 0.05) is 0 Å². The summed E-state index contributed by atoms with van der Waals surface area (Å²) in [6, 6.07) is 0. The van der Waals surface area contributed by atoms with Crippen LogP contribution in [-0.4, -0.2) is 9.79 Å². The fourth-order valence-electron chi connectivity index (χ4n) is 0. The minimum Gasteiger partial charge on any atom is -0.322 e. The van der Waals surface area contributed by atoms with E-state index in [9.17, 15) is 8.96 Å². The Balaban J connectivity index is 3.48. The minimum absolute atomic E-state index is 0.271. The predicted molar refractivity (Wildman–Crippen MR) is 16.4 cm³/mol. The molecule has 0 rings (SSSR count). The van der Waals surface area contributed by atoms with Gasteiger partial charge in [-0.15, -0.1) is 0 Å². The van der Waals surface area contributed by atoms with Gasteiger partial charge in [0.1, 0.15) is 0 Å². The van der Waals surface area contributed by atoms with Crippen LogP contribution in [0.5, 0.6) is 0 Å². The third-order valence-corrected chi connectivity index (χ3v) is 0.330. The normalized spacial score (nSPS) is 11.8. The molecule has 0 aliphatic heterocycles. The standard InChI is InChI=1S/CH2FO3P/c2-1-6(3,4)5/h(H2,3,4,5). The van der Waals surface area contributed by atoms with Gasteiger partial charge >= 0.3 is 14.0 Å². The van der Waals surface area contributed by atoms with Gasteiger partial charge in [-0.1, -0.05) is 0 Å². The smallest absolute Gasteiger partial charge is 0.322 e. The Morgan fingerprint density at radius 3 is 1.83 bits per heavy atom. The van der Waals surface area contributed by atoms with Crippen molar-refractivity contribution in [2.45, 2.75) is 0 Å². The van der Waals surface area contributed by atoms with Crippen molar-refractivity contribution in [2.75, 3.05) is 0 Å².